The van der Waals surface area contributed by atoms with Crippen molar-refractivity contribution in [3.05, 3.63) is 16.1 Å². The molecule has 1 saturated carbocycles. The number of hydrogen-bond acceptors (Lipinski definition) is 4. The van der Waals surface area contributed by atoms with E-state index in [1.165, 1.54) is 42.9 Å². The molecule has 4 heteroatoms. The van der Waals surface area contributed by atoms with E-state index in [1.807, 2.05) is 7.05 Å². The van der Waals surface area contributed by atoms with E-state index < -0.39 is 0 Å². The molecule has 1 aliphatic carbocycles. The molecular formula is C15H27N3S. The maximum Gasteiger partial charge on any atom is 0.107 e. The number of rotatable bonds is 7. The van der Waals surface area contributed by atoms with Gasteiger partial charge in [0.15, 0.2) is 0 Å². The van der Waals surface area contributed by atoms with Gasteiger partial charge < -0.3 is 5.32 Å². The highest BCUT2D eigenvalue weighted by molar-refractivity contribution is 7.09. The van der Waals surface area contributed by atoms with Gasteiger partial charge >= 0.3 is 0 Å². The van der Waals surface area contributed by atoms with Crippen molar-refractivity contribution in [3.8, 4) is 0 Å². The predicted octanol–water partition coefficient (Wildman–Crippen LogP) is 3.26. The van der Waals surface area contributed by atoms with E-state index in [9.17, 15) is 0 Å². The fourth-order valence-corrected chi connectivity index (χ4v) is 3.74. The van der Waals surface area contributed by atoms with Crippen LogP contribution in [0.1, 0.15) is 50.2 Å². The Hall–Kier alpha value is -0.450. The van der Waals surface area contributed by atoms with Crippen molar-refractivity contribution in [1.82, 2.24) is 15.2 Å². The van der Waals surface area contributed by atoms with Crippen molar-refractivity contribution >= 4 is 11.3 Å². The molecule has 0 aliphatic heterocycles. The van der Waals surface area contributed by atoms with Gasteiger partial charge in [-0.15, -0.1) is 11.3 Å². The minimum atomic E-state index is 0.732. The van der Waals surface area contributed by atoms with Crippen LogP contribution in [0, 0.1) is 5.92 Å². The van der Waals surface area contributed by atoms with Crippen molar-refractivity contribution in [1.29, 1.82) is 0 Å². The number of nitrogens with one attached hydrogen (secondary N) is 1. The van der Waals surface area contributed by atoms with E-state index in [0.717, 1.165) is 25.0 Å². The van der Waals surface area contributed by atoms with Crippen molar-refractivity contribution in [2.75, 3.05) is 13.6 Å². The Labute approximate surface area is 121 Å². The molecule has 1 aromatic heterocycles. The molecule has 0 aromatic carbocycles. The molecule has 108 valence electrons. The molecule has 1 fully saturated rings. The molecule has 0 atom stereocenters. The summed E-state index contributed by atoms with van der Waals surface area (Å²) in [5, 5.41) is 6.61. The summed E-state index contributed by atoms with van der Waals surface area (Å²) >= 11 is 1.78. The van der Waals surface area contributed by atoms with Gasteiger partial charge in [-0.2, -0.15) is 0 Å². The molecule has 0 spiro atoms. The van der Waals surface area contributed by atoms with Gasteiger partial charge in [0, 0.05) is 31.1 Å². The molecule has 0 saturated heterocycles. The zero-order valence-electron chi connectivity index (χ0n) is 12.5. The Kier molecular flexibility index (Phi) is 5.79. The Balaban J connectivity index is 1.97. The molecular weight excluding hydrogens is 254 g/mol. The lowest BCUT2D eigenvalue weighted by Gasteiger charge is -2.29. The average Bonchev–Trinajstić information content (AvgIpc) is 2.99. The van der Waals surface area contributed by atoms with Crippen LogP contribution in [0.25, 0.3) is 0 Å². The lowest BCUT2D eigenvalue weighted by atomic mass is 10.1. The second-order valence-electron chi connectivity index (χ2n) is 6.02. The topological polar surface area (TPSA) is 28.2 Å². The predicted molar refractivity (Wildman–Crippen MR) is 82.4 cm³/mol. The average molecular weight is 281 g/mol. The maximum absolute atomic E-state index is 4.73. The standard InChI is InChI=1S/C15H27N3S/c1-12(2)9-18(14-6-4-5-7-14)10-13-11-19-15(17-13)8-16-3/h11-12,14,16H,4-10H2,1-3H3. The van der Waals surface area contributed by atoms with E-state index in [4.69, 9.17) is 4.98 Å². The summed E-state index contributed by atoms with van der Waals surface area (Å²) in [5.41, 5.74) is 1.25. The SMILES string of the molecule is CNCc1nc(CN(CC(C)C)C2CCCC2)cs1. The van der Waals surface area contributed by atoms with Crippen LogP contribution in [0.2, 0.25) is 0 Å². The largest absolute Gasteiger partial charge is 0.314 e. The first-order chi connectivity index (χ1) is 9.19. The number of thiazole rings is 1. The van der Waals surface area contributed by atoms with Crippen molar-refractivity contribution in [3.63, 3.8) is 0 Å². The number of nitrogens with zero attached hydrogens (tertiary/aromatic N) is 2. The third kappa shape index (κ3) is 4.55. The van der Waals surface area contributed by atoms with Crippen LogP contribution in [-0.2, 0) is 13.1 Å². The highest BCUT2D eigenvalue weighted by Gasteiger charge is 2.23. The van der Waals surface area contributed by atoms with E-state index >= 15 is 0 Å². The summed E-state index contributed by atoms with van der Waals surface area (Å²) in [4.78, 5) is 7.40. The monoisotopic (exact) mass is 281 g/mol. The highest BCUT2D eigenvalue weighted by Crippen LogP contribution is 2.26. The maximum atomic E-state index is 4.73. The minimum Gasteiger partial charge on any atom is -0.314 e. The van der Waals surface area contributed by atoms with Gasteiger partial charge in [-0.3, -0.25) is 4.90 Å². The normalized spacial score (nSPS) is 16.9. The third-order valence-electron chi connectivity index (χ3n) is 3.73. The lowest BCUT2D eigenvalue weighted by molar-refractivity contribution is 0.167. The van der Waals surface area contributed by atoms with E-state index in [-0.39, 0.29) is 0 Å². The molecule has 1 heterocycles. The first-order valence-corrected chi connectivity index (χ1v) is 8.39. The quantitative estimate of drug-likeness (QED) is 0.831. The summed E-state index contributed by atoms with van der Waals surface area (Å²) in [6, 6.07) is 0.789. The first kappa shape index (κ1) is 14.9. The Morgan fingerprint density at radius 1 is 1.42 bits per heavy atom. The van der Waals surface area contributed by atoms with Gasteiger partial charge in [-0.1, -0.05) is 26.7 Å². The molecule has 1 N–H and O–H groups in total. The van der Waals surface area contributed by atoms with Gasteiger partial charge in [-0.05, 0) is 25.8 Å². The van der Waals surface area contributed by atoms with Crippen LogP contribution < -0.4 is 5.32 Å². The molecule has 19 heavy (non-hydrogen) atoms. The second-order valence-corrected chi connectivity index (χ2v) is 6.97. The van der Waals surface area contributed by atoms with Crippen LogP contribution in [0.4, 0.5) is 0 Å². The van der Waals surface area contributed by atoms with Gasteiger partial charge in [0.2, 0.25) is 0 Å². The highest BCUT2D eigenvalue weighted by atomic mass is 32.1. The molecule has 0 unspecified atom stereocenters. The smallest absolute Gasteiger partial charge is 0.107 e. The zero-order chi connectivity index (χ0) is 13.7. The summed E-state index contributed by atoms with van der Waals surface area (Å²) in [6.07, 6.45) is 5.56. The first-order valence-electron chi connectivity index (χ1n) is 7.51. The lowest BCUT2D eigenvalue weighted by Crippen LogP contribution is -2.35. The molecule has 3 nitrogen and oxygen atoms in total. The van der Waals surface area contributed by atoms with Gasteiger partial charge in [0.1, 0.15) is 5.01 Å². The summed E-state index contributed by atoms with van der Waals surface area (Å²) in [5.74, 6) is 0.732. The van der Waals surface area contributed by atoms with Crippen LogP contribution in [-0.4, -0.2) is 29.5 Å². The zero-order valence-corrected chi connectivity index (χ0v) is 13.3. The second kappa shape index (κ2) is 7.36. The summed E-state index contributed by atoms with van der Waals surface area (Å²) < 4.78 is 0. The summed E-state index contributed by atoms with van der Waals surface area (Å²) in [6.45, 7) is 7.75. The van der Waals surface area contributed by atoms with E-state index in [1.54, 1.807) is 11.3 Å². The van der Waals surface area contributed by atoms with Gasteiger partial charge in [0.25, 0.3) is 0 Å². The van der Waals surface area contributed by atoms with Crippen molar-refractivity contribution in [2.24, 2.45) is 5.92 Å². The van der Waals surface area contributed by atoms with Crippen LogP contribution in [0.15, 0.2) is 5.38 Å². The molecule has 2 rings (SSSR count). The van der Waals surface area contributed by atoms with E-state index in [2.05, 4.69) is 29.4 Å². The molecule has 0 amide bonds. The Morgan fingerprint density at radius 3 is 2.79 bits per heavy atom. The van der Waals surface area contributed by atoms with Gasteiger partial charge in [0.05, 0.1) is 5.69 Å². The molecule has 0 bridgehead atoms. The number of aromatic nitrogens is 1. The molecule has 0 radical (unpaired) electrons. The summed E-state index contributed by atoms with van der Waals surface area (Å²) in [7, 11) is 1.98. The Morgan fingerprint density at radius 2 is 2.16 bits per heavy atom. The molecule has 1 aliphatic rings. The van der Waals surface area contributed by atoms with Gasteiger partial charge in [-0.25, -0.2) is 4.98 Å². The minimum absolute atomic E-state index is 0.732. The fraction of sp³-hybridized carbons (Fsp3) is 0.800. The van der Waals surface area contributed by atoms with Crippen molar-refractivity contribution in [2.45, 2.75) is 58.7 Å². The van der Waals surface area contributed by atoms with E-state index in [0.29, 0.717) is 0 Å². The third-order valence-corrected chi connectivity index (χ3v) is 4.63. The molecule has 1 aromatic rings. The number of hydrogen-bond donors (Lipinski definition) is 1. The van der Waals surface area contributed by atoms with Crippen LogP contribution >= 0.6 is 11.3 Å². The van der Waals surface area contributed by atoms with Crippen LogP contribution in [0.3, 0.4) is 0 Å². The van der Waals surface area contributed by atoms with Crippen LogP contribution in [0.5, 0.6) is 0 Å². The van der Waals surface area contributed by atoms with Crippen molar-refractivity contribution < 1.29 is 0 Å². The Bertz CT molecular complexity index is 369. The fourth-order valence-electron chi connectivity index (χ4n) is 2.94.